The molecular weight excluding hydrogens is 266 g/mol. The van der Waals surface area contributed by atoms with Gasteiger partial charge in [-0.25, -0.2) is 0 Å². The zero-order chi connectivity index (χ0) is 15.7. The average Bonchev–Trinajstić information content (AvgIpc) is 2.53. The minimum atomic E-state index is 0.675. The molecule has 21 heavy (non-hydrogen) atoms. The zero-order valence-corrected chi connectivity index (χ0v) is 13.8. The van der Waals surface area contributed by atoms with E-state index in [1.807, 2.05) is 12.1 Å². The van der Waals surface area contributed by atoms with E-state index >= 15 is 0 Å². The van der Waals surface area contributed by atoms with Gasteiger partial charge in [0.15, 0.2) is 11.5 Å². The minimum Gasteiger partial charge on any atom is -0.496 e. The smallest absolute Gasteiger partial charge is 0.164 e. The van der Waals surface area contributed by atoms with Crippen LogP contribution in [0.5, 0.6) is 17.2 Å². The molecule has 1 aromatic rings. The first-order valence-corrected chi connectivity index (χ1v) is 7.40. The summed E-state index contributed by atoms with van der Waals surface area (Å²) in [5, 5.41) is 3.43. The molecule has 0 aliphatic rings. The van der Waals surface area contributed by atoms with Crippen molar-refractivity contribution >= 4 is 6.08 Å². The summed E-state index contributed by atoms with van der Waals surface area (Å²) in [5.41, 5.74) is 2.33. The molecule has 0 heterocycles. The molecule has 0 amide bonds. The van der Waals surface area contributed by atoms with Crippen molar-refractivity contribution in [1.82, 2.24) is 5.32 Å². The Labute approximate surface area is 128 Å². The summed E-state index contributed by atoms with van der Waals surface area (Å²) < 4.78 is 16.1. The van der Waals surface area contributed by atoms with Gasteiger partial charge in [0.2, 0.25) is 0 Å². The van der Waals surface area contributed by atoms with E-state index < -0.39 is 0 Å². The normalized spacial score (nSPS) is 11.4. The minimum absolute atomic E-state index is 0.675. The van der Waals surface area contributed by atoms with Gasteiger partial charge in [-0.1, -0.05) is 25.5 Å². The molecule has 1 aromatic carbocycles. The molecule has 0 bridgehead atoms. The van der Waals surface area contributed by atoms with Gasteiger partial charge in [-0.05, 0) is 25.5 Å². The molecule has 118 valence electrons. The van der Waals surface area contributed by atoms with Gasteiger partial charge >= 0.3 is 0 Å². The highest BCUT2D eigenvalue weighted by Crippen LogP contribution is 2.35. The van der Waals surface area contributed by atoms with E-state index in [2.05, 4.69) is 25.2 Å². The Morgan fingerprint density at radius 3 is 2.14 bits per heavy atom. The zero-order valence-electron chi connectivity index (χ0n) is 13.8. The summed E-state index contributed by atoms with van der Waals surface area (Å²) in [5.74, 6) is 2.17. The maximum atomic E-state index is 5.46. The molecule has 0 spiro atoms. The van der Waals surface area contributed by atoms with Gasteiger partial charge in [0.25, 0.3) is 0 Å². The van der Waals surface area contributed by atoms with Gasteiger partial charge in [-0.15, -0.1) is 0 Å². The van der Waals surface area contributed by atoms with Crippen LogP contribution >= 0.6 is 0 Å². The predicted octanol–water partition coefficient (Wildman–Crippen LogP) is 3.51. The van der Waals surface area contributed by atoms with Crippen LogP contribution in [-0.4, -0.2) is 34.4 Å². The molecule has 1 rings (SSSR count). The van der Waals surface area contributed by atoms with Crippen molar-refractivity contribution in [1.29, 1.82) is 0 Å². The second kappa shape index (κ2) is 9.29. The molecule has 4 heteroatoms. The van der Waals surface area contributed by atoms with Crippen molar-refractivity contribution in [2.24, 2.45) is 0 Å². The highest BCUT2D eigenvalue weighted by Gasteiger charge is 2.10. The Balaban J connectivity index is 3.08. The quantitative estimate of drug-likeness (QED) is 0.707. The van der Waals surface area contributed by atoms with E-state index in [1.165, 1.54) is 5.57 Å². The van der Waals surface area contributed by atoms with Crippen molar-refractivity contribution in [3.05, 3.63) is 23.3 Å². The number of methoxy groups -OCH3 is 3. The van der Waals surface area contributed by atoms with Crippen molar-refractivity contribution in [3.63, 3.8) is 0 Å². The lowest BCUT2D eigenvalue weighted by atomic mass is 10.1. The first-order valence-electron chi connectivity index (χ1n) is 7.40. The highest BCUT2D eigenvalue weighted by atomic mass is 16.5. The maximum absolute atomic E-state index is 5.46. The summed E-state index contributed by atoms with van der Waals surface area (Å²) in [7, 11) is 4.93. The Morgan fingerprint density at radius 1 is 1.00 bits per heavy atom. The molecular formula is C17H27NO3. The van der Waals surface area contributed by atoms with Crippen molar-refractivity contribution in [2.75, 3.05) is 34.4 Å². The Hall–Kier alpha value is -1.68. The van der Waals surface area contributed by atoms with E-state index in [1.54, 1.807) is 21.3 Å². The Morgan fingerprint density at radius 2 is 1.62 bits per heavy atom. The SMILES string of the molecule is CCCNCC(=Cc1cc(OC)c(OC)cc1OC)CC. The molecule has 0 aliphatic heterocycles. The lowest BCUT2D eigenvalue weighted by Crippen LogP contribution is -2.17. The summed E-state index contributed by atoms with van der Waals surface area (Å²) in [6.45, 7) is 6.24. The van der Waals surface area contributed by atoms with Gasteiger partial charge in [0.05, 0.1) is 21.3 Å². The van der Waals surface area contributed by atoms with Crippen molar-refractivity contribution in [2.45, 2.75) is 26.7 Å². The maximum Gasteiger partial charge on any atom is 0.164 e. The number of rotatable bonds is 9. The average molecular weight is 293 g/mol. The molecule has 0 saturated carbocycles. The predicted molar refractivity (Wildman–Crippen MR) is 87.5 cm³/mol. The summed E-state index contributed by atoms with van der Waals surface area (Å²) in [4.78, 5) is 0. The Bertz CT molecular complexity index is 469. The van der Waals surface area contributed by atoms with Gasteiger partial charge in [-0.2, -0.15) is 0 Å². The molecule has 0 fully saturated rings. The first kappa shape index (κ1) is 17.4. The second-order valence-electron chi connectivity index (χ2n) is 4.78. The van der Waals surface area contributed by atoms with Crippen LogP contribution in [0.15, 0.2) is 17.7 Å². The van der Waals surface area contributed by atoms with Crippen LogP contribution in [0.1, 0.15) is 32.3 Å². The monoisotopic (exact) mass is 293 g/mol. The highest BCUT2D eigenvalue weighted by molar-refractivity contribution is 5.65. The largest absolute Gasteiger partial charge is 0.496 e. The standard InChI is InChI=1S/C17H27NO3/c1-6-8-18-12-13(7-2)9-14-10-16(20-4)17(21-5)11-15(14)19-3/h9-11,18H,6-8,12H2,1-5H3. The molecule has 0 aromatic heterocycles. The number of benzene rings is 1. The van der Waals surface area contributed by atoms with Crippen LogP contribution in [0.4, 0.5) is 0 Å². The third-order valence-corrected chi connectivity index (χ3v) is 3.33. The van der Waals surface area contributed by atoms with E-state index in [-0.39, 0.29) is 0 Å². The summed E-state index contributed by atoms with van der Waals surface area (Å²) in [6.07, 6.45) is 4.29. The third kappa shape index (κ3) is 4.97. The topological polar surface area (TPSA) is 39.7 Å². The molecule has 0 atom stereocenters. The summed E-state index contributed by atoms with van der Waals surface area (Å²) >= 11 is 0. The number of ether oxygens (including phenoxy) is 3. The fraction of sp³-hybridized carbons (Fsp3) is 0.529. The first-order chi connectivity index (χ1) is 10.2. The third-order valence-electron chi connectivity index (χ3n) is 3.33. The van der Waals surface area contributed by atoms with E-state index in [0.29, 0.717) is 11.5 Å². The molecule has 0 saturated heterocycles. The molecule has 4 nitrogen and oxygen atoms in total. The van der Waals surface area contributed by atoms with Crippen LogP contribution in [-0.2, 0) is 0 Å². The van der Waals surface area contributed by atoms with Crippen LogP contribution in [0.2, 0.25) is 0 Å². The Kier molecular flexibility index (Phi) is 7.69. The lowest BCUT2D eigenvalue weighted by Gasteiger charge is -2.13. The molecule has 1 N–H and O–H groups in total. The van der Waals surface area contributed by atoms with Gasteiger partial charge in [-0.3, -0.25) is 0 Å². The fourth-order valence-corrected chi connectivity index (χ4v) is 2.09. The lowest BCUT2D eigenvalue weighted by molar-refractivity contribution is 0.348. The van der Waals surface area contributed by atoms with Crippen LogP contribution in [0, 0.1) is 0 Å². The summed E-state index contributed by atoms with van der Waals surface area (Å²) in [6, 6.07) is 3.81. The fourth-order valence-electron chi connectivity index (χ4n) is 2.09. The van der Waals surface area contributed by atoms with Gasteiger partial charge in [0, 0.05) is 18.2 Å². The van der Waals surface area contributed by atoms with E-state index in [0.717, 1.165) is 37.2 Å². The van der Waals surface area contributed by atoms with Gasteiger partial charge < -0.3 is 19.5 Å². The number of hydrogen-bond donors (Lipinski definition) is 1. The molecule has 0 aliphatic carbocycles. The van der Waals surface area contributed by atoms with Crippen LogP contribution < -0.4 is 19.5 Å². The van der Waals surface area contributed by atoms with Crippen LogP contribution in [0.3, 0.4) is 0 Å². The van der Waals surface area contributed by atoms with E-state index in [4.69, 9.17) is 14.2 Å². The van der Waals surface area contributed by atoms with Gasteiger partial charge in [0.1, 0.15) is 5.75 Å². The number of nitrogens with one attached hydrogen (secondary N) is 1. The number of hydrogen-bond acceptors (Lipinski definition) is 4. The van der Waals surface area contributed by atoms with Crippen molar-refractivity contribution < 1.29 is 14.2 Å². The van der Waals surface area contributed by atoms with Crippen LogP contribution in [0.25, 0.3) is 6.08 Å². The van der Waals surface area contributed by atoms with Crippen molar-refractivity contribution in [3.8, 4) is 17.2 Å². The molecule has 0 radical (unpaired) electrons. The second-order valence-corrected chi connectivity index (χ2v) is 4.78. The van der Waals surface area contributed by atoms with E-state index in [9.17, 15) is 0 Å². The molecule has 0 unspecified atom stereocenters.